The molecule has 0 radical (unpaired) electrons. The van der Waals surface area contributed by atoms with Crippen LogP contribution in [0.15, 0.2) is 168 Å². The standard InChI is InChI=1S/C49H33NOS/c1-49(2)42-15-6-3-10-36(42)37-24-22-32(28-43(37)49)50(33-23-25-39-38-11-5-8-17-46(38)52-47(39)29-33)31-20-18-30(19-21-31)34-13-9-14-40-35(34)26-27-45-48(40)41-12-4-7-16-44(41)51-45/h3-29H,1-2H3. The zero-order chi connectivity index (χ0) is 34.6. The van der Waals surface area contributed by atoms with Crippen molar-refractivity contribution in [1.29, 1.82) is 0 Å². The molecule has 0 saturated carbocycles. The smallest absolute Gasteiger partial charge is 0.136 e. The van der Waals surface area contributed by atoms with Gasteiger partial charge in [0, 0.05) is 53.4 Å². The summed E-state index contributed by atoms with van der Waals surface area (Å²) < 4.78 is 8.84. The van der Waals surface area contributed by atoms with Gasteiger partial charge < -0.3 is 9.32 Å². The van der Waals surface area contributed by atoms with Gasteiger partial charge in [0.2, 0.25) is 0 Å². The second kappa shape index (κ2) is 10.9. The number of furan rings is 1. The highest BCUT2D eigenvalue weighted by Crippen LogP contribution is 2.51. The Morgan fingerprint density at radius 2 is 1.10 bits per heavy atom. The van der Waals surface area contributed by atoms with Crippen molar-refractivity contribution in [2.75, 3.05) is 4.90 Å². The second-order valence-corrected chi connectivity index (χ2v) is 15.6. The number of para-hydroxylation sites is 1. The summed E-state index contributed by atoms with van der Waals surface area (Å²) in [6.07, 6.45) is 0. The Labute approximate surface area is 305 Å². The van der Waals surface area contributed by atoms with Crippen LogP contribution < -0.4 is 4.90 Å². The van der Waals surface area contributed by atoms with Crippen molar-refractivity contribution in [3.8, 4) is 22.3 Å². The van der Waals surface area contributed by atoms with Crippen LogP contribution in [0.5, 0.6) is 0 Å². The molecule has 0 atom stereocenters. The summed E-state index contributed by atoms with van der Waals surface area (Å²) >= 11 is 1.86. The maximum atomic E-state index is 6.23. The summed E-state index contributed by atoms with van der Waals surface area (Å²) in [5.41, 5.74) is 13.0. The van der Waals surface area contributed by atoms with Crippen LogP contribution in [0.2, 0.25) is 0 Å². The largest absolute Gasteiger partial charge is 0.456 e. The molecule has 0 aliphatic heterocycles. The van der Waals surface area contributed by atoms with Gasteiger partial charge >= 0.3 is 0 Å². The predicted octanol–water partition coefficient (Wildman–Crippen LogP) is 14.6. The molecule has 10 aromatic rings. The molecule has 0 spiro atoms. The van der Waals surface area contributed by atoms with Gasteiger partial charge in [0.25, 0.3) is 0 Å². The van der Waals surface area contributed by atoms with Crippen LogP contribution in [0.25, 0.3) is 75.1 Å². The van der Waals surface area contributed by atoms with E-state index in [2.05, 4.69) is 176 Å². The van der Waals surface area contributed by atoms with Gasteiger partial charge in [0.1, 0.15) is 11.2 Å². The molecule has 8 aromatic carbocycles. The molecule has 1 aliphatic rings. The Morgan fingerprint density at radius 3 is 2.00 bits per heavy atom. The minimum absolute atomic E-state index is 0.0903. The van der Waals surface area contributed by atoms with Crippen molar-refractivity contribution in [3.05, 3.63) is 175 Å². The zero-order valence-electron chi connectivity index (χ0n) is 28.9. The van der Waals surface area contributed by atoms with E-state index in [0.29, 0.717) is 0 Å². The Morgan fingerprint density at radius 1 is 0.442 bits per heavy atom. The minimum atomic E-state index is -0.0903. The maximum absolute atomic E-state index is 6.23. The number of hydrogen-bond acceptors (Lipinski definition) is 3. The number of benzene rings is 8. The molecule has 2 aromatic heterocycles. The SMILES string of the molecule is CC1(C)c2ccccc2-c2ccc(N(c3ccc(-c4cccc5c4ccc4oc6ccccc6c45)cc3)c3ccc4c(c3)sc3ccccc34)cc21. The minimum Gasteiger partial charge on any atom is -0.456 e. The lowest BCUT2D eigenvalue weighted by Gasteiger charge is -2.28. The van der Waals surface area contributed by atoms with Crippen LogP contribution in [0.1, 0.15) is 25.0 Å². The van der Waals surface area contributed by atoms with Crippen LogP contribution in [-0.2, 0) is 5.41 Å². The first-order valence-electron chi connectivity index (χ1n) is 17.9. The number of fused-ring (bicyclic) bond motifs is 11. The van der Waals surface area contributed by atoms with Gasteiger partial charge in [0.15, 0.2) is 0 Å². The molecular weight excluding hydrogens is 651 g/mol. The molecular formula is C49H33NOS. The normalized spacial score (nSPS) is 13.3. The molecule has 0 saturated heterocycles. The van der Waals surface area contributed by atoms with Gasteiger partial charge in [-0.15, -0.1) is 11.3 Å². The van der Waals surface area contributed by atoms with Crippen molar-refractivity contribution in [1.82, 2.24) is 0 Å². The predicted molar refractivity (Wildman–Crippen MR) is 222 cm³/mol. The fourth-order valence-electron chi connectivity index (χ4n) is 8.76. The van der Waals surface area contributed by atoms with Gasteiger partial charge in [-0.3, -0.25) is 0 Å². The highest BCUT2D eigenvalue weighted by Gasteiger charge is 2.35. The average Bonchev–Trinajstić information content (AvgIpc) is 3.83. The zero-order valence-corrected chi connectivity index (χ0v) is 29.7. The van der Waals surface area contributed by atoms with E-state index in [0.717, 1.165) is 33.6 Å². The maximum Gasteiger partial charge on any atom is 0.136 e. The van der Waals surface area contributed by atoms with E-state index in [4.69, 9.17) is 4.42 Å². The van der Waals surface area contributed by atoms with E-state index in [1.165, 1.54) is 69.7 Å². The van der Waals surface area contributed by atoms with E-state index in [9.17, 15) is 0 Å². The Balaban J connectivity index is 1.07. The second-order valence-electron chi connectivity index (χ2n) is 14.5. The lowest BCUT2D eigenvalue weighted by Crippen LogP contribution is -2.16. The van der Waals surface area contributed by atoms with Crippen molar-refractivity contribution >= 4 is 81.3 Å². The first-order chi connectivity index (χ1) is 25.5. The van der Waals surface area contributed by atoms with Crippen molar-refractivity contribution < 1.29 is 4.42 Å². The van der Waals surface area contributed by atoms with Crippen molar-refractivity contribution in [3.63, 3.8) is 0 Å². The van der Waals surface area contributed by atoms with Crippen LogP contribution in [0.3, 0.4) is 0 Å². The molecule has 0 N–H and O–H groups in total. The summed E-state index contributed by atoms with van der Waals surface area (Å²) in [5.74, 6) is 0. The quantitative estimate of drug-likeness (QED) is 0.184. The van der Waals surface area contributed by atoms with Gasteiger partial charge in [-0.1, -0.05) is 123 Å². The number of hydrogen-bond donors (Lipinski definition) is 0. The number of nitrogens with zero attached hydrogens (tertiary/aromatic N) is 1. The molecule has 246 valence electrons. The van der Waals surface area contributed by atoms with E-state index in [1.807, 2.05) is 17.4 Å². The summed E-state index contributed by atoms with van der Waals surface area (Å²) in [4.78, 5) is 2.43. The van der Waals surface area contributed by atoms with Crippen LogP contribution in [0.4, 0.5) is 17.1 Å². The molecule has 0 fully saturated rings. The van der Waals surface area contributed by atoms with Gasteiger partial charge in [-0.25, -0.2) is 0 Å². The third-order valence-electron chi connectivity index (χ3n) is 11.3. The average molecular weight is 684 g/mol. The summed E-state index contributed by atoms with van der Waals surface area (Å²) in [7, 11) is 0. The van der Waals surface area contributed by atoms with Gasteiger partial charge in [0.05, 0.1) is 0 Å². The Hall–Kier alpha value is -6.16. The molecule has 1 aliphatic carbocycles. The molecule has 2 nitrogen and oxygen atoms in total. The molecule has 52 heavy (non-hydrogen) atoms. The number of thiophene rings is 1. The third-order valence-corrected chi connectivity index (χ3v) is 12.4. The first kappa shape index (κ1) is 29.6. The molecule has 2 heterocycles. The van der Waals surface area contributed by atoms with Gasteiger partial charge in [-0.2, -0.15) is 0 Å². The summed E-state index contributed by atoms with van der Waals surface area (Å²) in [6.45, 7) is 4.71. The monoisotopic (exact) mass is 683 g/mol. The Kier molecular flexibility index (Phi) is 6.21. The fraction of sp³-hybridized carbons (Fsp3) is 0.0612. The molecule has 0 amide bonds. The van der Waals surface area contributed by atoms with Crippen LogP contribution in [0, 0.1) is 0 Å². The molecule has 0 unspecified atom stereocenters. The fourth-order valence-corrected chi connectivity index (χ4v) is 9.89. The summed E-state index contributed by atoms with van der Waals surface area (Å²) in [5, 5.41) is 7.39. The molecule has 0 bridgehead atoms. The summed E-state index contributed by atoms with van der Waals surface area (Å²) in [6, 6.07) is 60.0. The lowest BCUT2D eigenvalue weighted by atomic mass is 9.82. The number of rotatable bonds is 4. The highest BCUT2D eigenvalue weighted by molar-refractivity contribution is 7.25. The topological polar surface area (TPSA) is 16.4 Å². The molecule has 11 rings (SSSR count). The highest BCUT2D eigenvalue weighted by atomic mass is 32.1. The van der Waals surface area contributed by atoms with E-state index in [-0.39, 0.29) is 5.41 Å². The first-order valence-corrected chi connectivity index (χ1v) is 18.7. The van der Waals surface area contributed by atoms with E-state index < -0.39 is 0 Å². The molecule has 3 heteroatoms. The van der Waals surface area contributed by atoms with E-state index in [1.54, 1.807) is 0 Å². The van der Waals surface area contributed by atoms with Crippen LogP contribution in [-0.4, -0.2) is 0 Å². The van der Waals surface area contributed by atoms with Crippen LogP contribution >= 0.6 is 11.3 Å². The lowest BCUT2D eigenvalue weighted by molar-refractivity contribution is 0.660. The number of anilines is 3. The van der Waals surface area contributed by atoms with Crippen molar-refractivity contribution in [2.24, 2.45) is 0 Å². The van der Waals surface area contributed by atoms with Crippen molar-refractivity contribution in [2.45, 2.75) is 19.3 Å². The van der Waals surface area contributed by atoms with Gasteiger partial charge in [-0.05, 0) is 98.8 Å². The third kappa shape index (κ3) is 4.23. The van der Waals surface area contributed by atoms with E-state index >= 15 is 0 Å². The Bertz CT molecular complexity index is 3050.